The van der Waals surface area contributed by atoms with Gasteiger partial charge in [-0.25, -0.2) is 4.98 Å². The van der Waals surface area contributed by atoms with Crippen LogP contribution in [-0.4, -0.2) is 29.7 Å². The lowest BCUT2D eigenvalue weighted by Gasteiger charge is -2.14. The lowest BCUT2D eigenvalue weighted by molar-refractivity contribution is 0.0943. The second-order valence-corrected chi connectivity index (χ2v) is 5.63. The molecule has 3 aromatic rings. The maximum Gasteiger partial charge on any atom is 0.261 e. The first-order valence-corrected chi connectivity index (χ1v) is 8.00. The molecule has 0 atom stereocenters. The van der Waals surface area contributed by atoms with Crippen LogP contribution >= 0.6 is 0 Å². The maximum absolute atomic E-state index is 12.7. The number of carbonyl (C=O) groups excluding carboxylic acids is 1. The molecule has 0 saturated carbocycles. The molecule has 0 unspecified atom stereocenters. The molecule has 0 radical (unpaired) electrons. The molecule has 0 bridgehead atoms. The summed E-state index contributed by atoms with van der Waals surface area (Å²) in [6, 6.07) is 12.2. The molecule has 26 heavy (non-hydrogen) atoms. The molecule has 7 nitrogen and oxygen atoms in total. The number of hydrogen-bond donors (Lipinski definition) is 1. The SMILES string of the molecule is COc1cccc(OC)c1C(=O)NCc1nc2ccccc2c(=O)n1C. The van der Waals surface area contributed by atoms with Crippen molar-refractivity contribution in [3.8, 4) is 11.5 Å². The molecule has 0 aliphatic rings. The number of amides is 1. The summed E-state index contributed by atoms with van der Waals surface area (Å²) >= 11 is 0. The predicted molar refractivity (Wildman–Crippen MR) is 97.7 cm³/mol. The van der Waals surface area contributed by atoms with Gasteiger partial charge in [-0.15, -0.1) is 0 Å². The second kappa shape index (κ2) is 7.26. The largest absolute Gasteiger partial charge is 0.496 e. The van der Waals surface area contributed by atoms with Gasteiger partial charge >= 0.3 is 0 Å². The van der Waals surface area contributed by atoms with Crippen LogP contribution in [0.5, 0.6) is 11.5 Å². The maximum atomic E-state index is 12.7. The molecule has 2 aromatic carbocycles. The third kappa shape index (κ3) is 3.11. The van der Waals surface area contributed by atoms with E-state index < -0.39 is 0 Å². The summed E-state index contributed by atoms with van der Waals surface area (Å²) < 4.78 is 11.9. The molecule has 0 spiro atoms. The number of hydrogen-bond acceptors (Lipinski definition) is 5. The normalized spacial score (nSPS) is 10.6. The van der Waals surface area contributed by atoms with E-state index in [1.54, 1.807) is 43.4 Å². The van der Waals surface area contributed by atoms with Crippen LogP contribution in [0.1, 0.15) is 16.2 Å². The Bertz CT molecular complexity index is 1000. The minimum atomic E-state index is -0.373. The van der Waals surface area contributed by atoms with Gasteiger partial charge in [0.1, 0.15) is 22.9 Å². The standard InChI is InChI=1S/C19H19N3O4/c1-22-16(21-13-8-5-4-7-12(13)19(22)24)11-20-18(23)17-14(25-2)9-6-10-15(17)26-3/h4-10H,11H2,1-3H3,(H,20,23). The molecule has 0 fully saturated rings. The number of nitrogens with one attached hydrogen (secondary N) is 1. The number of carbonyl (C=O) groups is 1. The van der Waals surface area contributed by atoms with Crippen LogP contribution in [0.4, 0.5) is 0 Å². The smallest absolute Gasteiger partial charge is 0.261 e. The average Bonchev–Trinajstić information content (AvgIpc) is 2.68. The van der Waals surface area contributed by atoms with E-state index in [0.29, 0.717) is 33.8 Å². The Kier molecular flexibility index (Phi) is 4.88. The highest BCUT2D eigenvalue weighted by Gasteiger charge is 2.18. The molecule has 1 amide bonds. The van der Waals surface area contributed by atoms with Crippen molar-refractivity contribution in [2.45, 2.75) is 6.54 Å². The molecule has 0 aliphatic heterocycles. The van der Waals surface area contributed by atoms with Gasteiger partial charge in [0.25, 0.3) is 11.5 Å². The molecule has 1 N–H and O–H groups in total. The monoisotopic (exact) mass is 353 g/mol. The van der Waals surface area contributed by atoms with Crippen molar-refractivity contribution in [2.75, 3.05) is 14.2 Å². The van der Waals surface area contributed by atoms with Crippen LogP contribution in [0.25, 0.3) is 10.9 Å². The number of rotatable bonds is 5. The zero-order valence-electron chi connectivity index (χ0n) is 14.8. The number of fused-ring (bicyclic) bond motifs is 1. The van der Waals surface area contributed by atoms with E-state index in [2.05, 4.69) is 10.3 Å². The predicted octanol–water partition coefficient (Wildman–Crippen LogP) is 1.88. The van der Waals surface area contributed by atoms with E-state index in [4.69, 9.17) is 9.47 Å². The lowest BCUT2D eigenvalue weighted by Crippen LogP contribution is -2.30. The van der Waals surface area contributed by atoms with E-state index in [-0.39, 0.29) is 18.0 Å². The minimum absolute atomic E-state index is 0.0939. The summed E-state index contributed by atoms with van der Waals surface area (Å²) in [6.07, 6.45) is 0. The van der Waals surface area contributed by atoms with Crippen molar-refractivity contribution in [1.82, 2.24) is 14.9 Å². The first kappa shape index (κ1) is 17.5. The topological polar surface area (TPSA) is 82.5 Å². The van der Waals surface area contributed by atoms with E-state index >= 15 is 0 Å². The fourth-order valence-electron chi connectivity index (χ4n) is 2.74. The number of aromatic nitrogens is 2. The Morgan fingerprint density at radius 3 is 2.38 bits per heavy atom. The molecule has 134 valence electrons. The van der Waals surface area contributed by atoms with Crippen molar-refractivity contribution in [1.29, 1.82) is 0 Å². The van der Waals surface area contributed by atoms with E-state index in [0.717, 1.165) is 0 Å². The van der Waals surface area contributed by atoms with Gasteiger partial charge in [-0.05, 0) is 24.3 Å². The summed E-state index contributed by atoms with van der Waals surface area (Å²) in [5.41, 5.74) is 0.729. The molecule has 1 aromatic heterocycles. The van der Waals surface area contributed by atoms with Crippen LogP contribution in [0, 0.1) is 0 Å². The summed E-state index contributed by atoms with van der Waals surface area (Å²) in [6.45, 7) is 0.0939. The highest BCUT2D eigenvalue weighted by atomic mass is 16.5. The van der Waals surface area contributed by atoms with Crippen LogP contribution in [0.3, 0.4) is 0 Å². The molecule has 0 aliphatic carbocycles. The molecule has 7 heteroatoms. The van der Waals surface area contributed by atoms with Gasteiger partial charge < -0.3 is 14.8 Å². The fraction of sp³-hybridized carbons (Fsp3) is 0.211. The third-order valence-electron chi connectivity index (χ3n) is 4.14. The average molecular weight is 353 g/mol. The first-order valence-electron chi connectivity index (χ1n) is 8.00. The van der Waals surface area contributed by atoms with Gasteiger partial charge in [-0.1, -0.05) is 18.2 Å². The minimum Gasteiger partial charge on any atom is -0.496 e. The first-order chi connectivity index (χ1) is 12.6. The van der Waals surface area contributed by atoms with Crippen LogP contribution in [0.15, 0.2) is 47.3 Å². The number of para-hydroxylation sites is 1. The highest BCUT2D eigenvalue weighted by Crippen LogP contribution is 2.28. The third-order valence-corrected chi connectivity index (χ3v) is 4.14. The van der Waals surface area contributed by atoms with Crippen molar-refractivity contribution >= 4 is 16.8 Å². The van der Waals surface area contributed by atoms with Crippen molar-refractivity contribution in [3.05, 3.63) is 64.2 Å². The summed E-state index contributed by atoms with van der Waals surface area (Å²) in [4.78, 5) is 29.6. The van der Waals surface area contributed by atoms with Gasteiger partial charge in [0.15, 0.2) is 0 Å². The van der Waals surface area contributed by atoms with Gasteiger partial charge in [0.2, 0.25) is 0 Å². The van der Waals surface area contributed by atoms with Crippen LogP contribution in [-0.2, 0) is 13.6 Å². The quantitative estimate of drug-likeness (QED) is 0.757. The Morgan fingerprint density at radius 2 is 1.73 bits per heavy atom. The molecule has 1 heterocycles. The zero-order valence-corrected chi connectivity index (χ0v) is 14.8. The van der Waals surface area contributed by atoms with E-state index in [1.165, 1.54) is 18.8 Å². The van der Waals surface area contributed by atoms with Gasteiger partial charge in [-0.3, -0.25) is 14.2 Å². The molecular formula is C19H19N3O4. The second-order valence-electron chi connectivity index (χ2n) is 5.63. The van der Waals surface area contributed by atoms with Crippen molar-refractivity contribution in [3.63, 3.8) is 0 Å². The van der Waals surface area contributed by atoms with Crippen molar-refractivity contribution < 1.29 is 14.3 Å². The number of benzene rings is 2. The molecule has 3 rings (SSSR count). The Morgan fingerprint density at radius 1 is 1.08 bits per heavy atom. The number of ether oxygens (including phenoxy) is 2. The van der Waals surface area contributed by atoms with E-state index in [1.807, 2.05) is 6.07 Å². The van der Waals surface area contributed by atoms with Gasteiger partial charge in [0, 0.05) is 7.05 Å². The van der Waals surface area contributed by atoms with Crippen molar-refractivity contribution in [2.24, 2.45) is 7.05 Å². The summed E-state index contributed by atoms with van der Waals surface area (Å²) in [5.74, 6) is 0.891. The zero-order chi connectivity index (χ0) is 18.7. The summed E-state index contributed by atoms with van der Waals surface area (Å²) in [7, 11) is 4.60. The van der Waals surface area contributed by atoms with Crippen LogP contribution < -0.4 is 20.3 Å². The number of nitrogens with zero attached hydrogens (tertiary/aromatic N) is 2. The highest BCUT2D eigenvalue weighted by molar-refractivity contribution is 5.99. The van der Waals surface area contributed by atoms with Gasteiger partial charge in [0.05, 0.1) is 31.7 Å². The fourth-order valence-corrected chi connectivity index (χ4v) is 2.74. The van der Waals surface area contributed by atoms with Crippen LogP contribution in [0.2, 0.25) is 0 Å². The van der Waals surface area contributed by atoms with E-state index in [9.17, 15) is 9.59 Å². The Hall–Kier alpha value is -3.35. The molecule has 0 saturated heterocycles. The number of methoxy groups -OCH3 is 2. The Labute approximate surface area is 150 Å². The summed E-state index contributed by atoms with van der Waals surface area (Å²) in [5, 5.41) is 3.31. The Balaban J connectivity index is 1.91. The van der Waals surface area contributed by atoms with Gasteiger partial charge in [-0.2, -0.15) is 0 Å². The lowest BCUT2D eigenvalue weighted by atomic mass is 10.1. The molecular weight excluding hydrogens is 334 g/mol.